The lowest BCUT2D eigenvalue weighted by Crippen LogP contribution is -2.47. The van der Waals surface area contributed by atoms with E-state index in [1.807, 2.05) is 6.92 Å². The van der Waals surface area contributed by atoms with Crippen molar-refractivity contribution in [1.29, 1.82) is 0 Å². The summed E-state index contributed by atoms with van der Waals surface area (Å²) in [7, 11) is 0. The Balaban J connectivity index is 0.916. The molecule has 0 bridgehead atoms. The van der Waals surface area contributed by atoms with Crippen molar-refractivity contribution in [3.8, 4) is 0 Å². The van der Waals surface area contributed by atoms with Crippen LogP contribution in [0.4, 0.5) is 5.69 Å². The summed E-state index contributed by atoms with van der Waals surface area (Å²) >= 11 is 0. The van der Waals surface area contributed by atoms with Crippen molar-refractivity contribution in [3.05, 3.63) is 40.8 Å². The average molecular weight is 642 g/mol. The number of fused-ring (bicyclic) bond motifs is 3. The quantitative estimate of drug-likeness (QED) is 0.128. The fraction of sp³-hybridized carbons (Fsp3) is 0.639. The fourth-order valence-electron chi connectivity index (χ4n) is 5.83. The summed E-state index contributed by atoms with van der Waals surface area (Å²) in [5.41, 5.74) is 8.81. The van der Waals surface area contributed by atoms with Crippen LogP contribution in [0.25, 0.3) is 22.4 Å². The lowest BCUT2D eigenvalue weighted by molar-refractivity contribution is -0.120. The number of nitrogens with zero attached hydrogens (tertiary/aromatic N) is 2. The summed E-state index contributed by atoms with van der Waals surface area (Å²) in [5.74, 6) is 0.223. The Labute approximate surface area is 274 Å². The first-order chi connectivity index (χ1) is 22.7. The van der Waals surface area contributed by atoms with Gasteiger partial charge in [0.15, 0.2) is 0 Å². The maximum Gasteiger partial charge on any atom is 0.134 e. The van der Waals surface area contributed by atoms with Crippen molar-refractivity contribution in [1.82, 2.24) is 9.80 Å². The Morgan fingerprint density at radius 3 is 1.83 bits per heavy atom. The zero-order valence-corrected chi connectivity index (χ0v) is 27.8. The van der Waals surface area contributed by atoms with E-state index in [-0.39, 0.29) is 5.78 Å². The number of carbonyl (C=O) groups is 1. The van der Waals surface area contributed by atoms with Crippen LogP contribution in [0.3, 0.4) is 0 Å². The summed E-state index contributed by atoms with van der Waals surface area (Å²) in [6.45, 7) is 14.8. The summed E-state index contributed by atoms with van der Waals surface area (Å²) in [5, 5.41) is 5.17. The van der Waals surface area contributed by atoms with Crippen LogP contribution in [0, 0.1) is 0 Å². The summed E-state index contributed by atoms with van der Waals surface area (Å²) in [6.07, 6.45) is 5.45. The molecule has 0 unspecified atom stereocenters. The maximum atomic E-state index is 11.2. The molecule has 4 rings (SSSR count). The summed E-state index contributed by atoms with van der Waals surface area (Å²) in [4.78, 5) is 16.3. The molecular formula is C36H55N3O7. The van der Waals surface area contributed by atoms with Gasteiger partial charge in [-0.25, -0.2) is 0 Å². The van der Waals surface area contributed by atoms with Gasteiger partial charge in [-0.2, -0.15) is 0 Å². The SMILES string of the molecule is CCC(=O)CCOCCOCCOCCOCCOCCOCCN1CCN(CCC2=c3c(c(N)cc4ccccc34)=CC2)CC1. The third-order valence-electron chi connectivity index (χ3n) is 8.55. The molecule has 10 nitrogen and oxygen atoms in total. The number of hydrogen-bond acceptors (Lipinski definition) is 10. The Kier molecular flexibility index (Phi) is 17.0. The second-order valence-electron chi connectivity index (χ2n) is 11.7. The van der Waals surface area contributed by atoms with Gasteiger partial charge in [0.2, 0.25) is 0 Å². The molecule has 2 aliphatic rings. The van der Waals surface area contributed by atoms with Gasteiger partial charge in [-0.05, 0) is 34.9 Å². The molecule has 2 aromatic carbocycles. The molecule has 1 heterocycles. The molecule has 2 N–H and O–H groups in total. The van der Waals surface area contributed by atoms with E-state index in [2.05, 4.69) is 46.2 Å². The molecule has 46 heavy (non-hydrogen) atoms. The molecule has 1 saturated heterocycles. The number of hydrogen-bond donors (Lipinski definition) is 1. The number of nitrogens with two attached hydrogens (primary N) is 1. The highest BCUT2D eigenvalue weighted by Crippen LogP contribution is 2.18. The van der Waals surface area contributed by atoms with Crippen LogP contribution in [0.2, 0.25) is 0 Å². The highest BCUT2D eigenvalue weighted by molar-refractivity contribution is 5.89. The number of benzene rings is 2. The smallest absolute Gasteiger partial charge is 0.134 e. The van der Waals surface area contributed by atoms with Gasteiger partial charge in [0.05, 0.1) is 79.3 Å². The first-order valence-corrected chi connectivity index (χ1v) is 17.1. The van der Waals surface area contributed by atoms with E-state index < -0.39 is 0 Å². The molecule has 2 aromatic rings. The molecule has 0 saturated carbocycles. The molecule has 0 aromatic heterocycles. The van der Waals surface area contributed by atoms with Gasteiger partial charge in [-0.15, -0.1) is 0 Å². The predicted octanol–water partition coefficient (Wildman–Crippen LogP) is 2.23. The third-order valence-corrected chi connectivity index (χ3v) is 8.55. The average Bonchev–Trinajstić information content (AvgIpc) is 3.52. The largest absolute Gasteiger partial charge is 0.398 e. The third kappa shape index (κ3) is 12.7. The van der Waals surface area contributed by atoms with Crippen LogP contribution >= 0.6 is 0 Å². The number of rotatable bonds is 25. The van der Waals surface area contributed by atoms with Gasteiger partial charge >= 0.3 is 0 Å². The van der Waals surface area contributed by atoms with E-state index in [9.17, 15) is 4.79 Å². The zero-order chi connectivity index (χ0) is 32.2. The number of nitrogen functional groups attached to an aromatic ring is 1. The second kappa shape index (κ2) is 21.5. The molecular weight excluding hydrogens is 586 g/mol. The summed E-state index contributed by atoms with van der Waals surface area (Å²) in [6, 6.07) is 10.7. The van der Waals surface area contributed by atoms with Crippen LogP contribution in [0.1, 0.15) is 32.6 Å². The van der Waals surface area contributed by atoms with Gasteiger partial charge in [0, 0.05) is 63.0 Å². The number of ketones is 1. The summed E-state index contributed by atoms with van der Waals surface area (Å²) < 4.78 is 33.2. The minimum absolute atomic E-state index is 0.223. The molecule has 0 amide bonds. The Bertz CT molecular complexity index is 1300. The van der Waals surface area contributed by atoms with Crippen molar-refractivity contribution in [3.63, 3.8) is 0 Å². The van der Waals surface area contributed by atoms with Crippen LogP contribution in [0.15, 0.2) is 30.3 Å². The topological polar surface area (TPSA) is 105 Å². The molecule has 10 heteroatoms. The van der Waals surface area contributed by atoms with Gasteiger partial charge in [-0.1, -0.05) is 42.8 Å². The van der Waals surface area contributed by atoms with E-state index in [0.717, 1.165) is 64.4 Å². The monoisotopic (exact) mass is 641 g/mol. The molecule has 1 aliphatic carbocycles. The first-order valence-electron chi connectivity index (χ1n) is 17.1. The second-order valence-corrected chi connectivity index (χ2v) is 11.7. The van der Waals surface area contributed by atoms with Crippen molar-refractivity contribution in [2.75, 3.05) is 124 Å². The maximum absolute atomic E-state index is 11.2. The minimum atomic E-state index is 0.223. The van der Waals surface area contributed by atoms with E-state index in [0.29, 0.717) is 85.5 Å². The van der Waals surface area contributed by atoms with Gasteiger partial charge in [0.1, 0.15) is 5.78 Å². The predicted molar refractivity (Wildman–Crippen MR) is 182 cm³/mol. The van der Waals surface area contributed by atoms with Crippen molar-refractivity contribution < 1.29 is 33.2 Å². The Morgan fingerprint density at radius 1 is 0.717 bits per heavy atom. The van der Waals surface area contributed by atoms with E-state index in [4.69, 9.17) is 34.2 Å². The van der Waals surface area contributed by atoms with Gasteiger partial charge in [0.25, 0.3) is 0 Å². The highest BCUT2D eigenvalue weighted by Gasteiger charge is 2.18. The number of piperazine rings is 1. The normalized spacial score (nSPS) is 15.5. The standard InChI is InChI=1S/C36H55N3O7/c1-2-32(40)10-17-41-19-21-43-23-25-45-27-28-46-26-24-44-22-20-42-18-16-39-14-12-38(13-15-39)11-9-30-7-8-34-35(37)29-31-5-3-4-6-33(31)36(30)34/h3-6,8,29H,2,7,9-28,37H2,1H3. The van der Waals surface area contributed by atoms with E-state index in [1.165, 1.54) is 26.8 Å². The molecule has 0 atom stereocenters. The zero-order valence-electron chi connectivity index (χ0n) is 27.8. The molecule has 0 spiro atoms. The van der Waals surface area contributed by atoms with Gasteiger partial charge < -0.3 is 39.1 Å². The Morgan fingerprint density at radius 2 is 1.24 bits per heavy atom. The Hall–Kier alpha value is -2.41. The van der Waals surface area contributed by atoms with Crippen molar-refractivity contribution >= 4 is 33.9 Å². The first kappa shape index (κ1) is 36.4. The van der Waals surface area contributed by atoms with E-state index in [1.54, 1.807) is 0 Å². The van der Waals surface area contributed by atoms with E-state index >= 15 is 0 Å². The molecule has 1 aliphatic heterocycles. The lowest BCUT2D eigenvalue weighted by Gasteiger charge is -2.34. The van der Waals surface area contributed by atoms with Crippen molar-refractivity contribution in [2.45, 2.75) is 32.6 Å². The number of ether oxygens (including phenoxy) is 6. The van der Waals surface area contributed by atoms with Gasteiger partial charge in [-0.3, -0.25) is 9.69 Å². The van der Waals surface area contributed by atoms with Crippen LogP contribution in [0.5, 0.6) is 0 Å². The van der Waals surface area contributed by atoms with Crippen LogP contribution in [-0.4, -0.2) is 134 Å². The minimum Gasteiger partial charge on any atom is -0.398 e. The molecule has 0 radical (unpaired) electrons. The number of Topliss-reactive ketones (excluding diaryl/α,β-unsaturated/α-hetero) is 1. The fourth-order valence-corrected chi connectivity index (χ4v) is 5.83. The highest BCUT2D eigenvalue weighted by atomic mass is 16.6. The molecule has 256 valence electrons. The number of carbonyl (C=O) groups excluding carboxylic acids is 1. The van der Waals surface area contributed by atoms with Crippen molar-refractivity contribution in [2.24, 2.45) is 0 Å². The van der Waals surface area contributed by atoms with Crippen LogP contribution in [-0.2, 0) is 33.2 Å². The van der Waals surface area contributed by atoms with Crippen LogP contribution < -0.4 is 16.2 Å². The number of anilines is 1. The lowest BCUT2D eigenvalue weighted by atomic mass is 10.0. The molecule has 1 fully saturated rings.